The molecule has 120 valence electrons. The Morgan fingerprint density at radius 3 is 2.67 bits per heavy atom. The topological polar surface area (TPSA) is 83.8 Å². The second kappa shape index (κ2) is 5.94. The molecule has 4 rings (SSSR count). The van der Waals surface area contributed by atoms with Gasteiger partial charge in [0.1, 0.15) is 0 Å². The third kappa shape index (κ3) is 2.59. The number of nitrogens with two attached hydrogens (primary N) is 1. The number of nitrogens with zero attached hydrogens (tertiary/aromatic N) is 1. The summed E-state index contributed by atoms with van der Waals surface area (Å²) < 4.78 is 0. The van der Waals surface area contributed by atoms with Crippen LogP contribution in [0.15, 0.2) is 48.8 Å². The smallest absolute Gasteiger partial charge is 0.250 e. The van der Waals surface area contributed by atoms with Crippen molar-refractivity contribution in [2.75, 3.05) is 6.54 Å². The van der Waals surface area contributed by atoms with Crippen LogP contribution < -0.4 is 11.1 Å². The number of primary amides is 1. The van der Waals surface area contributed by atoms with E-state index in [9.17, 15) is 4.79 Å². The van der Waals surface area contributed by atoms with Crippen molar-refractivity contribution in [3.05, 3.63) is 65.5 Å². The molecule has 5 heteroatoms. The lowest BCUT2D eigenvalue weighted by Gasteiger charge is -2.17. The summed E-state index contributed by atoms with van der Waals surface area (Å²) >= 11 is 0. The SMILES string of the molecule is NC(=O)c1cc(-c2ccncc2)[nH]c1-c1ccc2c(c1)CNCC2. The Morgan fingerprint density at radius 1 is 1.04 bits per heavy atom. The van der Waals surface area contributed by atoms with Crippen molar-refractivity contribution in [1.82, 2.24) is 15.3 Å². The fraction of sp³-hybridized carbons (Fsp3) is 0.158. The molecule has 4 N–H and O–H groups in total. The molecule has 0 unspecified atom stereocenters. The van der Waals surface area contributed by atoms with Gasteiger partial charge in [-0.2, -0.15) is 0 Å². The number of benzene rings is 1. The zero-order chi connectivity index (χ0) is 16.5. The number of nitrogens with one attached hydrogen (secondary N) is 2. The molecule has 5 nitrogen and oxygen atoms in total. The predicted octanol–water partition coefficient (Wildman–Crippen LogP) is 2.49. The Labute approximate surface area is 139 Å². The Balaban J connectivity index is 1.82. The van der Waals surface area contributed by atoms with E-state index < -0.39 is 5.91 Å². The molecule has 0 atom stereocenters. The van der Waals surface area contributed by atoms with Gasteiger partial charge < -0.3 is 16.0 Å². The fourth-order valence-electron chi connectivity index (χ4n) is 3.20. The molecule has 0 bridgehead atoms. The molecule has 0 aliphatic carbocycles. The van der Waals surface area contributed by atoms with E-state index in [4.69, 9.17) is 5.73 Å². The van der Waals surface area contributed by atoms with Crippen molar-refractivity contribution in [2.45, 2.75) is 13.0 Å². The first-order chi connectivity index (χ1) is 11.7. The van der Waals surface area contributed by atoms with E-state index in [2.05, 4.69) is 33.5 Å². The number of hydrogen-bond donors (Lipinski definition) is 3. The number of aromatic nitrogens is 2. The van der Waals surface area contributed by atoms with E-state index in [1.54, 1.807) is 12.4 Å². The fourth-order valence-corrected chi connectivity index (χ4v) is 3.20. The average molecular weight is 318 g/mol. The lowest BCUT2D eigenvalue weighted by atomic mass is 9.96. The minimum absolute atomic E-state index is 0.433. The number of aromatic amines is 1. The van der Waals surface area contributed by atoms with Crippen molar-refractivity contribution in [3.63, 3.8) is 0 Å². The normalized spacial score (nSPS) is 13.5. The number of carbonyl (C=O) groups excluding carboxylic acids is 1. The van der Waals surface area contributed by atoms with Crippen LogP contribution in [0, 0.1) is 0 Å². The molecule has 1 aromatic carbocycles. The average Bonchev–Trinajstić information content (AvgIpc) is 3.08. The Hall–Kier alpha value is -2.92. The summed E-state index contributed by atoms with van der Waals surface area (Å²) in [6, 6.07) is 11.9. The third-order valence-corrected chi connectivity index (χ3v) is 4.46. The lowest BCUT2D eigenvalue weighted by Crippen LogP contribution is -2.23. The maximum atomic E-state index is 11.9. The number of amides is 1. The molecular weight excluding hydrogens is 300 g/mol. The van der Waals surface area contributed by atoms with Gasteiger partial charge in [-0.05, 0) is 53.9 Å². The van der Waals surface area contributed by atoms with Gasteiger partial charge in [0.25, 0.3) is 5.91 Å². The first-order valence-electron chi connectivity index (χ1n) is 7.98. The number of fused-ring (bicyclic) bond motifs is 1. The zero-order valence-electron chi connectivity index (χ0n) is 13.2. The molecular formula is C19H18N4O. The molecule has 1 amide bonds. The van der Waals surface area contributed by atoms with E-state index in [1.807, 2.05) is 18.2 Å². The van der Waals surface area contributed by atoms with Crippen LogP contribution in [0.1, 0.15) is 21.5 Å². The molecule has 3 heterocycles. The number of H-pyrrole nitrogens is 1. The van der Waals surface area contributed by atoms with Gasteiger partial charge in [0.05, 0.1) is 11.3 Å². The van der Waals surface area contributed by atoms with Gasteiger partial charge in [-0.3, -0.25) is 9.78 Å². The molecule has 1 aliphatic heterocycles. The van der Waals surface area contributed by atoms with E-state index in [-0.39, 0.29) is 0 Å². The molecule has 2 aromatic heterocycles. The van der Waals surface area contributed by atoms with Crippen molar-refractivity contribution < 1.29 is 4.79 Å². The Kier molecular flexibility index (Phi) is 3.63. The van der Waals surface area contributed by atoms with Crippen LogP contribution >= 0.6 is 0 Å². The maximum absolute atomic E-state index is 11.9. The lowest BCUT2D eigenvalue weighted by molar-refractivity contribution is 0.100. The summed E-state index contributed by atoms with van der Waals surface area (Å²) in [4.78, 5) is 19.3. The van der Waals surface area contributed by atoms with Gasteiger partial charge in [-0.1, -0.05) is 12.1 Å². The monoisotopic (exact) mass is 318 g/mol. The highest BCUT2D eigenvalue weighted by Crippen LogP contribution is 2.30. The predicted molar refractivity (Wildman–Crippen MR) is 93.4 cm³/mol. The molecule has 0 saturated carbocycles. The van der Waals surface area contributed by atoms with Crippen LogP contribution in [0.2, 0.25) is 0 Å². The number of rotatable bonds is 3. The van der Waals surface area contributed by atoms with Crippen LogP contribution in [0.3, 0.4) is 0 Å². The van der Waals surface area contributed by atoms with Gasteiger partial charge in [-0.25, -0.2) is 0 Å². The number of hydrogen-bond acceptors (Lipinski definition) is 3. The van der Waals surface area contributed by atoms with E-state index in [0.717, 1.165) is 42.0 Å². The van der Waals surface area contributed by atoms with Crippen molar-refractivity contribution >= 4 is 5.91 Å². The first-order valence-corrected chi connectivity index (χ1v) is 7.98. The molecule has 0 radical (unpaired) electrons. The third-order valence-electron chi connectivity index (χ3n) is 4.46. The summed E-state index contributed by atoms with van der Waals surface area (Å²) in [5.41, 5.74) is 12.3. The zero-order valence-corrected chi connectivity index (χ0v) is 13.2. The molecule has 0 fully saturated rings. The minimum Gasteiger partial charge on any atom is -0.366 e. The Bertz CT molecular complexity index is 899. The summed E-state index contributed by atoms with van der Waals surface area (Å²) in [7, 11) is 0. The van der Waals surface area contributed by atoms with Crippen molar-refractivity contribution in [1.29, 1.82) is 0 Å². The first kappa shape index (κ1) is 14.7. The molecule has 3 aromatic rings. The molecule has 0 saturated heterocycles. The van der Waals surface area contributed by atoms with Gasteiger partial charge in [0.15, 0.2) is 0 Å². The van der Waals surface area contributed by atoms with Gasteiger partial charge in [0.2, 0.25) is 0 Å². The highest BCUT2D eigenvalue weighted by molar-refractivity contribution is 6.00. The minimum atomic E-state index is -0.433. The summed E-state index contributed by atoms with van der Waals surface area (Å²) in [6.07, 6.45) is 4.49. The summed E-state index contributed by atoms with van der Waals surface area (Å²) in [5.74, 6) is -0.433. The largest absolute Gasteiger partial charge is 0.366 e. The molecule has 0 spiro atoms. The van der Waals surface area contributed by atoms with E-state index >= 15 is 0 Å². The molecule has 24 heavy (non-hydrogen) atoms. The summed E-state index contributed by atoms with van der Waals surface area (Å²) in [6.45, 7) is 1.86. The summed E-state index contributed by atoms with van der Waals surface area (Å²) in [5, 5.41) is 3.38. The number of carbonyl (C=O) groups is 1. The van der Waals surface area contributed by atoms with Crippen LogP contribution in [-0.4, -0.2) is 22.4 Å². The van der Waals surface area contributed by atoms with Crippen LogP contribution in [-0.2, 0) is 13.0 Å². The Morgan fingerprint density at radius 2 is 1.88 bits per heavy atom. The van der Waals surface area contributed by atoms with Crippen molar-refractivity contribution in [3.8, 4) is 22.5 Å². The van der Waals surface area contributed by atoms with E-state index in [1.165, 1.54) is 11.1 Å². The number of pyridine rings is 1. The second-order valence-corrected chi connectivity index (χ2v) is 5.98. The second-order valence-electron chi connectivity index (χ2n) is 5.98. The van der Waals surface area contributed by atoms with Crippen LogP contribution in [0.4, 0.5) is 0 Å². The van der Waals surface area contributed by atoms with Gasteiger partial charge >= 0.3 is 0 Å². The standard InChI is InChI=1S/C19H18N4O/c20-19(24)16-10-17(13-4-6-21-7-5-13)23-18(16)14-2-1-12-3-8-22-11-15(12)9-14/h1-2,4-7,9-10,22-23H,3,8,11H2,(H2,20,24). The maximum Gasteiger partial charge on any atom is 0.250 e. The van der Waals surface area contributed by atoms with Crippen LogP contribution in [0.5, 0.6) is 0 Å². The van der Waals surface area contributed by atoms with Gasteiger partial charge in [-0.15, -0.1) is 0 Å². The molecule has 1 aliphatic rings. The van der Waals surface area contributed by atoms with E-state index in [0.29, 0.717) is 5.56 Å². The van der Waals surface area contributed by atoms with Crippen molar-refractivity contribution in [2.24, 2.45) is 5.73 Å². The van der Waals surface area contributed by atoms with Gasteiger partial charge in [0, 0.05) is 30.2 Å². The quantitative estimate of drug-likeness (QED) is 0.694. The van der Waals surface area contributed by atoms with Crippen LogP contribution in [0.25, 0.3) is 22.5 Å². The highest BCUT2D eigenvalue weighted by Gasteiger charge is 2.17. The highest BCUT2D eigenvalue weighted by atomic mass is 16.1.